The Labute approximate surface area is 155 Å². The Morgan fingerprint density at radius 3 is 2.23 bits per heavy atom. The molecule has 1 aliphatic heterocycles. The van der Waals surface area contributed by atoms with Gasteiger partial charge in [-0.1, -0.05) is 49.2 Å². The zero-order chi connectivity index (χ0) is 18.4. The Kier molecular flexibility index (Phi) is 6.05. The lowest BCUT2D eigenvalue weighted by molar-refractivity contribution is 0.0761. The average Bonchev–Trinajstić information content (AvgIpc) is 2.97. The van der Waals surface area contributed by atoms with E-state index in [2.05, 4.69) is 0 Å². The molecule has 0 bridgehead atoms. The molecule has 0 aromatic heterocycles. The largest absolute Gasteiger partial charge is 0.339 e. The molecule has 136 valence electrons. The number of carbonyl (C=O) groups is 2. The van der Waals surface area contributed by atoms with Gasteiger partial charge in [-0.15, -0.1) is 0 Å². The molecule has 1 heterocycles. The lowest BCUT2D eigenvalue weighted by Gasteiger charge is -2.21. The minimum atomic E-state index is -0.0700. The molecule has 2 aromatic rings. The summed E-state index contributed by atoms with van der Waals surface area (Å²) in [7, 11) is 1.79. The molecule has 0 radical (unpaired) electrons. The highest BCUT2D eigenvalue weighted by Crippen LogP contribution is 2.16. The van der Waals surface area contributed by atoms with Crippen LogP contribution in [0.3, 0.4) is 0 Å². The molecule has 4 nitrogen and oxygen atoms in total. The predicted octanol–water partition coefficient (Wildman–Crippen LogP) is 3.98. The molecular weight excluding hydrogens is 324 g/mol. The van der Waals surface area contributed by atoms with Crippen LogP contribution in [0, 0.1) is 0 Å². The van der Waals surface area contributed by atoms with Crippen LogP contribution in [0.1, 0.15) is 52.0 Å². The summed E-state index contributed by atoms with van der Waals surface area (Å²) in [5, 5.41) is 0. The van der Waals surface area contributed by atoms with E-state index in [1.807, 2.05) is 35.2 Å². The molecule has 4 heteroatoms. The molecule has 26 heavy (non-hydrogen) atoms. The van der Waals surface area contributed by atoms with E-state index in [1.54, 1.807) is 36.2 Å². The summed E-state index contributed by atoms with van der Waals surface area (Å²) in [5.74, 6) is -0.0355. The fourth-order valence-corrected chi connectivity index (χ4v) is 3.39. The minimum Gasteiger partial charge on any atom is -0.339 e. The molecule has 2 amide bonds. The van der Waals surface area contributed by atoms with E-state index in [0.29, 0.717) is 17.7 Å². The van der Waals surface area contributed by atoms with E-state index < -0.39 is 0 Å². The number of carbonyl (C=O) groups excluding carboxylic acids is 2. The normalized spacial score (nSPS) is 14.6. The van der Waals surface area contributed by atoms with Gasteiger partial charge in [-0.3, -0.25) is 9.59 Å². The number of hydrogen-bond acceptors (Lipinski definition) is 2. The maximum Gasteiger partial charge on any atom is 0.253 e. The van der Waals surface area contributed by atoms with Gasteiger partial charge in [0.05, 0.1) is 0 Å². The van der Waals surface area contributed by atoms with Crippen LogP contribution in [-0.4, -0.2) is 41.8 Å². The molecule has 0 spiro atoms. The molecule has 3 rings (SSSR count). The second-order valence-corrected chi connectivity index (χ2v) is 6.93. The van der Waals surface area contributed by atoms with Gasteiger partial charge in [-0.25, -0.2) is 0 Å². The lowest BCUT2D eigenvalue weighted by Crippen LogP contribution is -2.32. The first-order chi connectivity index (χ1) is 12.6. The fraction of sp³-hybridized carbons (Fsp3) is 0.364. The highest BCUT2D eigenvalue weighted by atomic mass is 16.2. The summed E-state index contributed by atoms with van der Waals surface area (Å²) in [4.78, 5) is 29.2. The highest BCUT2D eigenvalue weighted by molar-refractivity contribution is 5.99. The van der Waals surface area contributed by atoms with Crippen molar-refractivity contribution < 1.29 is 9.59 Å². The molecule has 0 aliphatic carbocycles. The summed E-state index contributed by atoms with van der Waals surface area (Å²) in [6, 6.07) is 17.0. The van der Waals surface area contributed by atoms with E-state index in [1.165, 1.54) is 12.8 Å². The van der Waals surface area contributed by atoms with Crippen LogP contribution >= 0.6 is 0 Å². The lowest BCUT2D eigenvalue weighted by atomic mass is 10.1. The Morgan fingerprint density at radius 2 is 1.54 bits per heavy atom. The average molecular weight is 350 g/mol. The van der Waals surface area contributed by atoms with Crippen LogP contribution in [0.5, 0.6) is 0 Å². The van der Waals surface area contributed by atoms with Crippen molar-refractivity contribution in [3.05, 3.63) is 71.3 Å². The summed E-state index contributed by atoms with van der Waals surface area (Å²) in [6.07, 6.45) is 4.49. The van der Waals surface area contributed by atoms with E-state index in [4.69, 9.17) is 0 Å². The van der Waals surface area contributed by atoms with E-state index in [9.17, 15) is 9.59 Å². The number of hydrogen-bond donors (Lipinski definition) is 0. The molecule has 0 unspecified atom stereocenters. The van der Waals surface area contributed by atoms with Crippen molar-refractivity contribution in [2.24, 2.45) is 0 Å². The maximum absolute atomic E-state index is 12.8. The Bertz CT molecular complexity index is 750. The zero-order valence-corrected chi connectivity index (χ0v) is 15.4. The molecule has 1 saturated heterocycles. The highest BCUT2D eigenvalue weighted by Gasteiger charge is 2.19. The Hall–Kier alpha value is -2.62. The number of benzene rings is 2. The minimum absolute atomic E-state index is 0.0345. The molecule has 1 fully saturated rings. The second kappa shape index (κ2) is 8.65. The summed E-state index contributed by atoms with van der Waals surface area (Å²) >= 11 is 0. The van der Waals surface area contributed by atoms with Crippen LogP contribution in [0.2, 0.25) is 0 Å². The zero-order valence-electron chi connectivity index (χ0n) is 15.4. The smallest absolute Gasteiger partial charge is 0.253 e. The summed E-state index contributed by atoms with van der Waals surface area (Å²) < 4.78 is 0. The third-order valence-corrected chi connectivity index (χ3v) is 4.86. The van der Waals surface area contributed by atoms with Crippen molar-refractivity contribution in [2.45, 2.75) is 32.2 Å². The van der Waals surface area contributed by atoms with Crippen LogP contribution < -0.4 is 0 Å². The van der Waals surface area contributed by atoms with E-state index >= 15 is 0 Å². The van der Waals surface area contributed by atoms with Crippen LogP contribution in [-0.2, 0) is 6.54 Å². The van der Waals surface area contributed by atoms with Crippen LogP contribution in [0.15, 0.2) is 54.6 Å². The molecule has 0 N–H and O–H groups in total. The molecule has 2 aromatic carbocycles. The number of rotatable bonds is 4. The van der Waals surface area contributed by atoms with Gasteiger partial charge < -0.3 is 9.80 Å². The molecular formula is C22H26N2O2. The van der Waals surface area contributed by atoms with E-state index in [0.717, 1.165) is 31.5 Å². The number of amides is 2. The van der Waals surface area contributed by atoms with Gasteiger partial charge in [0.25, 0.3) is 11.8 Å². The number of likely N-dealkylation sites (tertiary alicyclic amines) is 1. The number of nitrogens with zero attached hydrogens (tertiary/aromatic N) is 2. The van der Waals surface area contributed by atoms with Gasteiger partial charge in [0, 0.05) is 37.8 Å². The van der Waals surface area contributed by atoms with Gasteiger partial charge in [0.1, 0.15) is 0 Å². The summed E-state index contributed by atoms with van der Waals surface area (Å²) in [6.45, 7) is 2.17. The predicted molar refractivity (Wildman–Crippen MR) is 103 cm³/mol. The van der Waals surface area contributed by atoms with Crippen molar-refractivity contribution in [2.75, 3.05) is 20.1 Å². The van der Waals surface area contributed by atoms with Gasteiger partial charge in [-0.2, -0.15) is 0 Å². The van der Waals surface area contributed by atoms with Gasteiger partial charge in [0.2, 0.25) is 0 Å². The third kappa shape index (κ3) is 4.51. The van der Waals surface area contributed by atoms with Crippen molar-refractivity contribution in [3.8, 4) is 0 Å². The Balaban J connectivity index is 1.71. The molecule has 0 saturated carbocycles. The first-order valence-electron chi connectivity index (χ1n) is 9.34. The standard InChI is InChI=1S/C22H26N2O2/c1-23(17-18-10-5-4-6-11-18)21(25)19-12-9-13-20(16-19)22(26)24-14-7-2-3-8-15-24/h4-6,9-13,16H,2-3,7-8,14-15,17H2,1H3. The van der Waals surface area contributed by atoms with Gasteiger partial charge in [0.15, 0.2) is 0 Å². The van der Waals surface area contributed by atoms with Crippen molar-refractivity contribution in [1.82, 2.24) is 9.80 Å². The SMILES string of the molecule is CN(Cc1ccccc1)C(=O)c1cccc(C(=O)N2CCCCCC2)c1. The second-order valence-electron chi connectivity index (χ2n) is 6.93. The van der Waals surface area contributed by atoms with Crippen molar-refractivity contribution in [1.29, 1.82) is 0 Å². The van der Waals surface area contributed by atoms with Gasteiger partial charge >= 0.3 is 0 Å². The van der Waals surface area contributed by atoms with E-state index in [-0.39, 0.29) is 11.8 Å². The molecule has 1 aliphatic rings. The first-order valence-corrected chi connectivity index (χ1v) is 9.34. The van der Waals surface area contributed by atoms with Gasteiger partial charge in [-0.05, 0) is 36.6 Å². The molecule has 0 atom stereocenters. The van der Waals surface area contributed by atoms with Crippen LogP contribution in [0.4, 0.5) is 0 Å². The maximum atomic E-state index is 12.8. The first kappa shape index (κ1) is 18.2. The topological polar surface area (TPSA) is 40.6 Å². The summed E-state index contributed by atoms with van der Waals surface area (Å²) in [5.41, 5.74) is 2.25. The monoisotopic (exact) mass is 350 g/mol. The van der Waals surface area contributed by atoms with Crippen molar-refractivity contribution in [3.63, 3.8) is 0 Å². The quantitative estimate of drug-likeness (QED) is 0.837. The Morgan fingerprint density at radius 1 is 0.885 bits per heavy atom. The third-order valence-electron chi connectivity index (χ3n) is 4.86. The fourth-order valence-electron chi connectivity index (χ4n) is 3.39. The van der Waals surface area contributed by atoms with Crippen molar-refractivity contribution >= 4 is 11.8 Å². The van der Waals surface area contributed by atoms with Crippen LogP contribution in [0.25, 0.3) is 0 Å².